The van der Waals surface area contributed by atoms with E-state index in [9.17, 15) is 19.2 Å². The van der Waals surface area contributed by atoms with Crippen LogP contribution in [0.25, 0.3) is 11.1 Å². The molecule has 1 atom stereocenters. The minimum Gasteiger partial charge on any atom is -0.494 e. The number of benzene rings is 3. The Bertz CT molecular complexity index is 1640. The molecule has 10 nitrogen and oxygen atoms in total. The highest BCUT2D eigenvalue weighted by molar-refractivity contribution is 5.93. The SMILES string of the molecule is C=CC(=O)OCCCCCCOc1ccc(C(=O)Oc2ccc3c(c2)C(C)c2cc(OCCOC(=O)C(=C)CC(=O)OC)ccc2-3)cc1. The molecule has 0 aromatic heterocycles. The Balaban J connectivity index is 1.22. The normalized spacial score (nSPS) is 12.6. The first kappa shape index (κ1) is 35.5. The van der Waals surface area contributed by atoms with Gasteiger partial charge in [0.15, 0.2) is 0 Å². The molecule has 1 aliphatic carbocycles. The zero-order valence-corrected chi connectivity index (χ0v) is 27.3. The summed E-state index contributed by atoms with van der Waals surface area (Å²) in [5, 5.41) is 0. The van der Waals surface area contributed by atoms with E-state index >= 15 is 0 Å². The molecule has 0 N–H and O–H groups in total. The molecule has 0 heterocycles. The number of hydrogen-bond acceptors (Lipinski definition) is 10. The third-order valence-electron chi connectivity index (χ3n) is 7.75. The van der Waals surface area contributed by atoms with Crippen LogP contribution in [0.4, 0.5) is 0 Å². The average Bonchev–Trinajstić information content (AvgIpc) is 3.37. The molecular formula is C38H40O10. The Labute approximate surface area is 280 Å². The molecule has 0 amide bonds. The molecule has 0 spiro atoms. The van der Waals surface area contributed by atoms with Crippen LogP contribution in [0.3, 0.4) is 0 Å². The summed E-state index contributed by atoms with van der Waals surface area (Å²) in [6.07, 6.45) is 4.47. The van der Waals surface area contributed by atoms with Gasteiger partial charge in [-0.25, -0.2) is 14.4 Å². The molecule has 1 aliphatic rings. The maximum atomic E-state index is 12.9. The van der Waals surface area contributed by atoms with E-state index in [1.54, 1.807) is 30.3 Å². The minimum atomic E-state index is -0.675. The zero-order chi connectivity index (χ0) is 34.5. The number of rotatable bonds is 18. The Morgan fingerprint density at radius 1 is 0.729 bits per heavy atom. The first-order valence-corrected chi connectivity index (χ1v) is 15.8. The fourth-order valence-electron chi connectivity index (χ4n) is 5.16. The first-order valence-electron chi connectivity index (χ1n) is 15.8. The predicted molar refractivity (Wildman–Crippen MR) is 178 cm³/mol. The van der Waals surface area contributed by atoms with Crippen molar-refractivity contribution < 1.29 is 47.6 Å². The van der Waals surface area contributed by atoms with Crippen LogP contribution in [-0.4, -0.2) is 57.4 Å². The third-order valence-corrected chi connectivity index (χ3v) is 7.75. The Hall–Kier alpha value is -5.38. The number of carbonyl (C=O) groups is 4. The molecule has 0 saturated heterocycles. The fourth-order valence-corrected chi connectivity index (χ4v) is 5.16. The van der Waals surface area contributed by atoms with E-state index in [1.165, 1.54) is 7.11 Å². The van der Waals surface area contributed by atoms with Crippen molar-refractivity contribution in [3.05, 3.63) is 102 Å². The second-order valence-corrected chi connectivity index (χ2v) is 11.1. The number of esters is 4. The van der Waals surface area contributed by atoms with Gasteiger partial charge in [-0.15, -0.1) is 0 Å². The van der Waals surface area contributed by atoms with Gasteiger partial charge in [0.25, 0.3) is 0 Å². The van der Waals surface area contributed by atoms with E-state index in [2.05, 4.69) is 24.8 Å². The van der Waals surface area contributed by atoms with Gasteiger partial charge in [-0.1, -0.05) is 32.2 Å². The molecule has 0 bridgehead atoms. The van der Waals surface area contributed by atoms with Gasteiger partial charge >= 0.3 is 23.9 Å². The van der Waals surface area contributed by atoms with Crippen LogP contribution in [0.15, 0.2) is 85.5 Å². The third kappa shape index (κ3) is 9.81. The van der Waals surface area contributed by atoms with Gasteiger partial charge < -0.3 is 28.4 Å². The van der Waals surface area contributed by atoms with Gasteiger partial charge in [0, 0.05) is 17.6 Å². The molecule has 0 radical (unpaired) electrons. The maximum Gasteiger partial charge on any atom is 0.343 e. The van der Waals surface area contributed by atoms with Gasteiger partial charge in [0.05, 0.1) is 32.3 Å². The minimum absolute atomic E-state index is 0.00439. The summed E-state index contributed by atoms with van der Waals surface area (Å²) in [7, 11) is 1.24. The summed E-state index contributed by atoms with van der Waals surface area (Å²) in [5.74, 6) is -0.333. The maximum absolute atomic E-state index is 12.9. The molecule has 10 heteroatoms. The van der Waals surface area contributed by atoms with Crippen LogP contribution in [0.1, 0.15) is 66.4 Å². The monoisotopic (exact) mass is 656 g/mol. The van der Waals surface area contributed by atoms with Crippen molar-refractivity contribution in [1.29, 1.82) is 0 Å². The van der Waals surface area contributed by atoms with Crippen LogP contribution in [0.2, 0.25) is 0 Å². The lowest BCUT2D eigenvalue weighted by Gasteiger charge is -2.11. The number of carbonyl (C=O) groups excluding carboxylic acids is 4. The van der Waals surface area contributed by atoms with Crippen LogP contribution < -0.4 is 14.2 Å². The molecule has 0 fully saturated rings. The van der Waals surface area contributed by atoms with Crippen molar-refractivity contribution in [3.8, 4) is 28.4 Å². The van der Waals surface area contributed by atoms with Crippen LogP contribution in [0.5, 0.6) is 17.2 Å². The quantitative estimate of drug-likeness (QED) is 0.0478. The Morgan fingerprint density at radius 3 is 2.00 bits per heavy atom. The van der Waals surface area contributed by atoms with Crippen molar-refractivity contribution >= 4 is 23.9 Å². The summed E-state index contributed by atoms with van der Waals surface area (Å²) >= 11 is 0. The molecule has 48 heavy (non-hydrogen) atoms. The summed E-state index contributed by atoms with van der Waals surface area (Å²) in [6, 6.07) is 18.3. The highest BCUT2D eigenvalue weighted by Crippen LogP contribution is 2.47. The fraction of sp³-hybridized carbons (Fsp3) is 0.316. The Morgan fingerprint density at radius 2 is 1.33 bits per heavy atom. The van der Waals surface area contributed by atoms with Crippen molar-refractivity contribution in [1.82, 2.24) is 0 Å². The number of fused-ring (bicyclic) bond motifs is 3. The number of unbranched alkanes of at least 4 members (excludes halogenated alkanes) is 3. The van der Waals surface area contributed by atoms with Gasteiger partial charge in [-0.3, -0.25) is 4.79 Å². The lowest BCUT2D eigenvalue weighted by atomic mass is 9.99. The highest BCUT2D eigenvalue weighted by Gasteiger charge is 2.27. The first-order chi connectivity index (χ1) is 23.2. The molecule has 0 aliphatic heterocycles. The highest BCUT2D eigenvalue weighted by atomic mass is 16.6. The number of hydrogen-bond donors (Lipinski definition) is 0. The van der Waals surface area contributed by atoms with Crippen molar-refractivity contribution in [2.75, 3.05) is 33.5 Å². The van der Waals surface area contributed by atoms with Gasteiger partial charge in [-0.2, -0.15) is 0 Å². The average molecular weight is 657 g/mol. The molecule has 1 unspecified atom stereocenters. The van der Waals surface area contributed by atoms with E-state index < -0.39 is 23.9 Å². The van der Waals surface area contributed by atoms with Gasteiger partial charge in [0.1, 0.15) is 30.5 Å². The van der Waals surface area contributed by atoms with E-state index in [-0.39, 0.29) is 31.1 Å². The molecule has 3 aromatic carbocycles. The van der Waals surface area contributed by atoms with Crippen LogP contribution >= 0.6 is 0 Å². The Kier molecular flexibility index (Phi) is 12.9. The zero-order valence-electron chi connectivity index (χ0n) is 27.3. The second-order valence-electron chi connectivity index (χ2n) is 11.1. The summed E-state index contributed by atoms with van der Waals surface area (Å²) < 4.78 is 31.9. The molecule has 0 saturated carbocycles. The molecule has 4 rings (SSSR count). The predicted octanol–water partition coefficient (Wildman–Crippen LogP) is 6.75. The van der Waals surface area contributed by atoms with E-state index in [1.807, 2.05) is 30.3 Å². The van der Waals surface area contributed by atoms with E-state index in [4.69, 9.17) is 23.7 Å². The lowest BCUT2D eigenvalue weighted by molar-refractivity contribution is -0.144. The molecular weight excluding hydrogens is 616 g/mol. The van der Waals surface area contributed by atoms with Gasteiger partial charge in [0.2, 0.25) is 0 Å². The topological polar surface area (TPSA) is 124 Å². The molecule has 3 aromatic rings. The lowest BCUT2D eigenvalue weighted by Crippen LogP contribution is -2.15. The summed E-state index contributed by atoms with van der Waals surface area (Å²) in [4.78, 5) is 47.2. The van der Waals surface area contributed by atoms with Crippen molar-refractivity contribution in [2.24, 2.45) is 0 Å². The number of methoxy groups -OCH3 is 1. The van der Waals surface area contributed by atoms with Crippen LogP contribution in [-0.2, 0) is 28.6 Å². The summed E-state index contributed by atoms with van der Waals surface area (Å²) in [6.45, 7) is 10.1. The standard InChI is InChI=1S/C38H40O10/c1-5-35(39)46-19-9-7-6-8-18-44-28-12-10-27(11-13-28)38(42)48-30-15-17-32-31-16-14-29(23-33(31)26(3)34(32)24-30)45-20-21-47-37(41)25(2)22-36(40)43-4/h5,10-17,23-24,26H,1-2,6-9,18-22H2,3-4H3. The second kappa shape index (κ2) is 17.5. The van der Waals surface area contributed by atoms with Crippen LogP contribution in [0, 0.1) is 0 Å². The summed E-state index contributed by atoms with van der Waals surface area (Å²) in [5.41, 5.74) is 4.65. The van der Waals surface area contributed by atoms with Gasteiger partial charge in [-0.05, 0) is 96.5 Å². The van der Waals surface area contributed by atoms with Crippen molar-refractivity contribution in [3.63, 3.8) is 0 Å². The smallest absolute Gasteiger partial charge is 0.343 e. The molecule has 252 valence electrons. The van der Waals surface area contributed by atoms with Crippen molar-refractivity contribution in [2.45, 2.75) is 44.9 Å². The number of ether oxygens (including phenoxy) is 6. The largest absolute Gasteiger partial charge is 0.494 e. The van der Waals surface area contributed by atoms with E-state index in [0.717, 1.165) is 54.0 Å². The van der Waals surface area contributed by atoms with E-state index in [0.29, 0.717) is 36.0 Å².